The first-order valence-corrected chi connectivity index (χ1v) is 9.31. The molecule has 0 bridgehead atoms. The molecule has 25 heavy (non-hydrogen) atoms. The van der Waals surface area contributed by atoms with Crippen LogP contribution < -0.4 is 5.56 Å². The maximum atomic E-state index is 12.5. The Balaban J connectivity index is 1.80. The van der Waals surface area contributed by atoms with Crippen molar-refractivity contribution in [2.75, 3.05) is 13.1 Å². The number of carbonyl (C=O) groups excluding carboxylic acids is 1. The lowest BCUT2D eigenvalue weighted by Gasteiger charge is -2.34. The van der Waals surface area contributed by atoms with Crippen LogP contribution in [0.4, 0.5) is 4.79 Å². The van der Waals surface area contributed by atoms with Gasteiger partial charge >= 0.3 is 6.09 Å². The monoisotopic (exact) mass is 409 g/mol. The van der Waals surface area contributed by atoms with Crippen molar-refractivity contribution in [2.24, 2.45) is 7.05 Å². The molecule has 0 radical (unpaired) electrons. The van der Waals surface area contributed by atoms with E-state index in [2.05, 4.69) is 20.6 Å². The van der Waals surface area contributed by atoms with Crippen LogP contribution in [-0.4, -0.2) is 39.0 Å². The van der Waals surface area contributed by atoms with Crippen molar-refractivity contribution < 1.29 is 9.53 Å². The summed E-state index contributed by atoms with van der Waals surface area (Å²) >= 11 is 3.43. The van der Waals surface area contributed by atoms with Crippen LogP contribution in [0, 0.1) is 0 Å². The van der Waals surface area contributed by atoms with E-state index in [1.807, 2.05) is 39.0 Å². The zero-order chi connectivity index (χ0) is 18.4. The maximum Gasteiger partial charge on any atom is 0.410 e. The van der Waals surface area contributed by atoms with E-state index in [-0.39, 0.29) is 17.7 Å². The predicted molar refractivity (Wildman–Crippen MR) is 101 cm³/mol. The summed E-state index contributed by atoms with van der Waals surface area (Å²) in [6, 6.07) is 5.98. The van der Waals surface area contributed by atoms with Crippen LogP contribution >= 0.6 is 15.9 Å². The molecular formula is C18H24BrN3O3. The van der Waals surface area contributed by atoms with E-state index >= 15 is 0 Å². The fraction of sp³-hybridized carbons (Fsp3) is 0.556. The highest BCUT2D eigenvalue weighted by Crippen LogP contribution is 2.28. The molecule has 1 aliphatic rings. The number of hydrogen-bond acceptors (Lipinski definition) is 3. The Bertz CT molecular complexity index is 855. The molecule has 1 aliphatic heterocycles. The molecule has 3 rings (SSSR count). The quantitative estimate of drug-likeness (QED) is 0.721. The van der Waals surface area contributed by atoms with Crippen LogP contribution in [0.3, 0.4) is 0 Å². The normalized spacial score (nSPS) is 16.4. The number of benzene rings is 1. The fourth-order valence-corrected chi connectivity index (χ4v) is 3.74. The van der Waals surface area contributed by atoms with E-state index in [9.17, 15) is 9.59 Å². The van der Waals surface area contributed by atoms with Gasteiger partial charge in [-0.3, -0.25) is 14.2 Å². The number of likely N-dealkylation sites (tertiary alicyclic amines) is 1. The molecule has 0 N–H and O–H groups in total. The molecule has 0 spiro atoms. The van der Waals surface area contributed by atoms with Gasteiger partial charge in [0.15, 0.2) is 0 Å². The lowest BCUT2D eigenvalue weighted by molar-refractivity contribution is 0.0183. The number of carbonyl (C=O) groups is 1. The first kappa shape index (κ1) is 18.0. The van der Waals surface area contributed by atoms with Crippen molar-refractivity contribution in [1.82, 2.24) is 14.3 Å². The molecule has 1 saturated heterocycles. The second-order valence-corrected chi connectivity index (χ2v) is 8.45. The molecule has 1 aromatic carbocycles. The highest BCUT2D eigenvalue weighted by Gasteiger charge is 2.29. The molecule has 0 aliphatic carbocycles. The van der Waals surface area contributed by atoms with Gasteiger partial charge in [0.05, 0.1) is 16.9 Å². The Morgan fingerprint density at radius 2 is 1.88 bits per heavy atom. The molecule has 0 saturated carbocycles. The summed E-state index contributed by atoms with van der Waals surface area (Å²) in [6.07, 6.45) is 1.33. The number of amides is 1. The minimum absolute atomic E-state index is 0.00544. The molecule has 1 amide bonds. The first-order valence-electron chi connectivity index (χ1n) is 8.52. The molecule has 1 fully saturated rings. The Morgan fingerprint density at radius 3 is 2.48 bits per heavy atom. The number of fused-ring (bicyclic) bond motifs is 1. The Hall–Kier alpha value is -1.76. The molecule has 7 heteroatoms. The summed E-state index contributed by atoms with van der Waals surface area (Å²) in [7, 11) is 1.80. The van der Waals surface area contributed by atoms with Crippen molar-refractivity contribution >= 4 is 32.9 Å². The Labute approximate surface area is 155 Å². The number of halogens is 1. The van der Waals surface area contributed by atoms with Crippen molar-refractivity contribution in [3.63, 3.8) is 0 Å². The van der Waals surface area contributed by atoms with Crippen LogP contribution in [0.1, 0.15) is 39.7 Å². The van der Waals surface area contributed by atoms with Gasteiger partial charge < -0.3 is 9.64 Å². The van der Waals surface area contributed by atoms with E-state index in [0.29, 0.717) is 18.5 Å². The summed E-state index contributed by atoms with van der Waals surface area (Å²) in [6.45, 7) is 6.88. The average Bonchev–Trinajstić information content (AvgIpc) is 2.77. The first-order chi connectivity index (χ1) is 11.7. The van der Waals surface area contributed by atoms with E-state index in [4.69, 9.17) is 4.74 Å². The molecule has 1 aromatic heterocycles. The molecule has 2 aromatic rings. The molecule has 0 atom stereocenters. The smallest absolute Gasteiger partial charge is 0.410 e. The van der Waals surface area contributed by atoms with Crippen molar-refractivity contribution in [3.05, 3.63) is 33.0 Å². The van der Waals surface area contributed by atoms with Crippen LogP contribution in [0.2, 0.25) is 0 Å². The van der Waals surface area contributed by atoms with Crippen LogP contribution in [0.5, 0.6) is 0 Å². The lowest BCUT2D eigenvalue weighted by Crippen LogP contribution is -2.42. The largest absolute Gasteiger partial charge is 0.444 e. The average molecular weight is 410 g/mol. The van der Waals surface area contributed by atoms with Gasteiger partial charge in [0.1, 0.15) is 5.60 Å². The van der Waals surface area contributed by atoms with Gasteiger partial charge in [0.2, 0.25) is 0 Å². The van der Waals surface area contributed by atoms with Crippen molar-refractivity contribution in [3.8, 4) is 0 Å². The third-order valence-electron chi connectivity index (χ3n) is 4.51. The summed E-state index contributed by atoms with van der Waals surface area (Å²) in [5, 5.41) is 0.714. The van der Waals surface area contributed by atoms with Gasteiger partial charge in [0, 0.05) is 24.6 Å². The molecule has 6 nitrogen and oxygen atoms in total. The lowest BCUT2D eigenvalue weighted by atomic mass is 10.1. The van der Waals surface area contributed by atoms with E-state index < -0.39 is 5.60 Å². The number of ether oxygens (including phenoxy) is 1. The Morgan fingerprint density at radius 1 is 1.24 bits per heavy atom. The minimum Gasteiger partial charge on any atom is -0.444 e. The number of piperidine rings is 1. The number of nitrogens with zero attached hydrogens (tertiary/aromatic N) is 3. The molecule has 136 valence electrons. The fourth-order valence-electron chi connectivity index (χ4n) is 3.37. The Kier molecular flexibility index (Phi) is 4.70. The zero-order valence-corrected chi connectivity index (χ0v) is 16.7. The van der Waals surface area contributed by atoms with E-state index in [0.717, 1.165) is 22.8 Å². The summed E-state index contributed by atoms with van der Waals surface area (Å²) in [4.78, 5) is 26.5. The van der Waals surface area contributed by atoms with Gasteiger partial charge in [-0.05, 0) is 51.8 Å². The van der Waals surface area contributed by atoms with E-state index in [1.165, 1.54) is 0 Å². The zero-order valence-electron chi connectivity index (χ0n) is 15.1. The molecule has 2 heterocycles. The predicted octanol–water partition coefficient (Wildman–Crippen LogP) is 3.67. The van der Waals surface area contributed by atoms with E-state index in [1.54, 1.807) is 16.6 Å². The summed E-state index contributed by atoms with van der Waals surface area (Å²) in [5.74, 6) is 0. The standard InChI is InChI=1S/C18H24BrN3O3/c1-18(2,3)25-17(24)21-9-7-13(8-10-21)22-15-6-5-12(19)11-14(15)16(23)20(22)4/h5-6,11,13H,7-10H2,1-4H3. The van der Waals surface area contributed by atoms with Crippen LogP contribution in [-0.2, 0) is 11.8 Å². The van der Waals surface area contributed by atoms with Crippen molar-refractivity contribution in [1.29, 1.82) is 0 Å². The van der Waals surface area contributed by atoms with Gasteiger partial charge in [-0.25, -0.2) is 4.79 Å². The number of aromatic nitrogens is 2. The van der Waals surface area contributed by atoms with Gasteiger partial charge in [-0.2, -0.15) is 0 Å². The maximum absolute atomic E-state index is 12.5. The summed E-state index contributed by atoms with van der Waals surface area (Å²) < 4.78 is 10.1. The van der Waals surface area contributed by atoms with Gasteiger partial charge in [-0.15, -0.1) is 0 Å². The third kappa shape index (κ3) is 3.61. The van der Waals surface area contributed by atoms with Gasteiger partial charge in [0.25, 0.3) is 5.56 Å². The van der Waals surface area contributed by atoms with Crippen molar-refractivity contribution in [2.45, 2.75) is 45.3 Å². The minimum atomic E-state index is -0.484. The van der Waals surface area contributed by atoms with Crippen LogP contribution in [0.25, 0.3) is 10.9 Å². The SMILES string of the molecule is Cn1c(=O)c2cc(Br)ccc2n1C1CCN(C(=O)OC(C)(C)C)CC1. The second kappa shape index (κ2) is 6.52. The highest BCUT2D eigenvalue weighted by molar-refractivity contribution is 9.10. The molecule has 0 unspecified atom stereocenters. The molecular weight excluding hydrogens is 386 g/mol. The highest BCUT2D eigenvalue weighted by atomic mass is 79.9. The number of rotatable bonds is 1. The number of hydrogen-bond donors (Lipinski definition) is 0. The topological polar surface area (TPSA) is 56.5 Å². The third-order valence-corrected chi connectivity index (χ3v) is 5.01. The van der Waals surface area contributed by atoms with Crippen LogP contribution in [0.15, 0.2) is 27.5 Å². The van der Waals surface area contributed by atoms with Gasteiger partial charge in [-0.1, -0.05) is 15.9 Å². The second-order valence-electron chi connectivity index (χ2n) is 7.53. The summed E-state index contributed by atoms with van der Waals surface area (Å²) in [5.41, 5.74) is 0.458.